The molecule has 0 amide bonds. The zero-order chi connectivity index (χ0) is 14.9. The van der Waals surface area contributed by atoms with Crippen LogP contribution in [0.1, 0.15) is 18.5 Å². The van der Waals surface area contributed by atoms with Crippen LogP contribution in [0.3, 0.4) is 0 Å². The highest BCUT2D eigenvalue weighted by atomic mass is 79.9. The zero-order valence-electron chi connectivity index (χ0n) is 10.4. The van der Waals surface area contributed by atoms with Gasteiger partial charge >= 0.3 is 0 Å². The smallest absolute Gasteiger partial charge is 0.125 e. The molecule has 6 heteroatoms. The Hall–Kier alpha value is -0.480. The molecule has 0 saturated heterocycles. The largest absolute Gasteiger partial charge is 0.377 e. The van der Waals surface area contributed by atoms with Crippen molar-refractivity contribution < 1.29 is 4.39 Å². The van der Waals surface area contributed by atoms with E-state index in [9.17, 15) is 4.39 Å². The van der Waals surface area contributed by atoms with Crippen molar-refractivity contribution in [2.45, 2.75) is 13.0 Å². The summed E-state index contributed by atoms with van der Waals surface area (Å²) in [6.45, 7) is 1.91. The van der Waals surface area contributed by atoms with Gasteiger partial charge in [-0.25, -0.2) is 4.39 Å². The molecule has 1 nitrogen and oxygen atoms in total. The molecule has 0 aliphatic carbocycles. The van der Waals surface area contributed by atoms with Gasteiger partial charge in [-0.2, -0.15) is 0 Å². The van der Waals surface area contributed by atoms with Crippen LogP contribution in [0.2, 0.25) is 15.1 Å². The molecule has 0 radical (unpaired) electrons. The maximum absolute atomic E-state index is 13.3. The minimum Gasteiger partial charge on any atom is -0.377 e. The second-order valence-electron chi connectivity index (χ2n) is 4.25. The number of benzene rings is 2. The Balaban J connectivity index is 2.31. The Morgan fingerprint density at radius 1 is 1.10 bits per heavy atom. The van der Waals surface area contributed by atoms with Crippen molar-refractivity contribution in [2.24, 2.45) is 0 Å². The molecule has 0 spiro atoms. The summed E-state index contributed by atoms with van der Waals surface area (Å²) in [4.78, 5) is 0. The third-order valence-corrected chi connectivity index (χ3v) is 4.83. The van der Waals surface area contributed by atoms with Crippen molar-refractivity contribution in [3.05, 3.63) is 61.3 Å². The summed E-state index contributed by atoms with van der Waals surface area (Å²) < 4.78 is 14.0. The van der Waals surface area contributed by atoms with E-state index in [0.29, 0.717) is 20.8 Å². The van der Waals surface area contributed by atoms with Crippen LogP contribution < -0.4 is 5.32 Å². The highest BCUT2D eigenvalue weighted by molar-refractivity contribution is 9.10. The maximum Gasteiger partial charge on any atom is 0.125 e. The average Bonchev–Trinajstić information content (AvgIpc) is 2.40. The molecule has 0 aliphatic heterocycles. The molecule has 0 fully saturated rings. The van der Waals surface area contributed by atoms with E-state index in [1.54, 1.807) is 18.2 Å². The summed E-state index contributed by atoms with van der Waals surface area (Å²) in [5.41, 5.74) is 1.43. The standard InChI is InChI=1S/C14H10BrCl3FN/c1-7(9-3-5-11(16)14(18)13(9)17)20-12-6-8(19)2-4-10(12)15/h2-7,20H,1H3. The predicted molar refractivity (Wildman–Crippen MR) is 87.6 cm³/mol. The number of anilines is 1. The SMILES string of the molecule is CC(Nc1cc(F)ccc1Br)c1ccc(Cl)c(Cl)c1Cl. The third kappa shape index (κ3) is 3.40. The molecule has 2 aromatic rings. The van der Waals surface area contributed by atoms with E-state index in [0.717, 1.165) is 10.0 Å². The molecule has 20 heavy (non-hydrogen) atoms. The molecule has 1 atom stereocenters. The first-order valence-corrected chi connectivity index (χ1v) is 7.68. The van der Waals surface area contributed by atoms with E-state index >= 15 is 0 Å². The number of nitrogens with one attached hydrogen (secondary N) is 1. The topological polar surface area (TPSA) is 12.0 Å². The Kier molecular flexibility index (Phi) is 5.19. The quantitative estimate of drug-likeness (QED) is 0.567. The Labute approximate surface area is 140 Å². The van der Waals surface area contributed by atoms with Crippen LogP contribution in [0.5, 0.6) is 0 Å². The highest BCUT2D eigenvalue weighted by Gasteiger charge is 2.15. The van der Waals surface area contributed by atoms with E-state index < -0.39 is 0 Å². The highest BCUT2D eigenvalue weighted by Crippen LogP contribution is 2.37. The summed E-state index contributed by atoms with van der Waals surface area (Å²) in [5.74, 6) is -0.317. The van der Waals surface area contributed by atoms with Crippen molar-refractivity contribution in [1.29, 1.82) is 0 Å². The van der Waals surface area contributed by atoms with Crippen LogP contribution in [0.25, 0.3) is 0 Å². The Morgan fingerprint density at radius 2 is 1.80 bits per heavy atom. The second-order valence-corrected chi connectivity index (χ2v) is 6.27. The van der Waals surface area contributed by atoms with Gasteiger partial charge in [0.15, 0.2) is 0 Å². The van der Waals surface area contributed by atoms with Gasteiger partial charge in [0.1, 0.15) is 5.82 Å². The number of rotatable bonds is 3. The molecular weight excluding hydrogens is 387 g/mol. The third-order valence-electron chi connectivity index (χ3n) is 2.83. The number of hydrogen-bond acceptors (Lipinski definition) is 1. The molecule has 2 aromatic carbocycles. The van der Waals surface area contributed by atoms with Gasteiger partial charge in [0.05, 0.1) is 26.8 Å². The fourth-order valence-corrected chi connectivity index (χ4v) is 2.86. The first kappa shape index (κ1) is 15.9. The van der Waals surface area contributed by atoms with Crippen LogP contribution in [-0.4, -0.2) is 0 Å². The van der Waals surface area contributed by atoms with E-state index in [-0.39, 0.29) is 11.9 Å². The normalized spacial score (nSPS) is 12.3. The summed E-state index contributed by atoms with van der Waals surface area (Å²) in [6.07, 6.45) is 0. The Morgan fingerprint density at radius 3 is 2.50 bits per heavy atom. The first-order chi connectivity index (χ1) is 9.40. The molecule has 1 unspecified atom stereocenters. The molecule has 0 heterocycles. The van der Waals surface area contributed by atoms with Crippen LogP contribution in [-0.2, 0) is 0 Å². The van der Waals surface area contributed by atoms with Gasteiger partial charge in [-0.05, 0) is 52.7 Å². The zero-order valence-corrected chi connectivity index (χ0v) is 14.2. The second kappa shape index (κ2) is 6.52. The molecule has 0 aromatic heterocycles. The first-order valence-electron chi connectivity index (χ1n) is 5.75. The van der Waals surface area contributed by atoms with Gasteiger partial charge in [0.2, 0.25) is 0 Å². The van der Waals surface area contributed by atoms with E-state index in [2.05, 4.69) is 21.2 Å². The van der Waals surface area contributed by atoms with E-state index in [4.69, 9.17) is 34.8 Å². The summed E-state index contributed by atoms with van der Waals surface area (Å²) in [5, 5.41) is 4.30. The van der Waals surface area contributed by atoms with Crippen LogP contribution in [0, 0.1) is 5.82 Å². The van der Waals surface area contributed by atoms with Crippen molar-refractivity contribution in [3.63, 3.8) is 0 Å². The lowest BCUT2D eigenvalue weighted by atomic mass is 10.1. The van der Waals surface area contributed by atoms with Gasteiger partial charge < -0.3 is 5.32 Å². The summed E-state index contributed by atoms with van der Waals surface area (Å²) in [7, 11) is 0. The van der Waals surface area contributed by atoms with Crippen molar-refractivity contribution in [2.75, 3.05) is 5.32 Å². The van der Waals surface area contributed by atoms with Crippen molar-refractivity contribution >= 4 is 56.4 Å². The monoisotopic (exact) mass is 395 g/mol. The van der Waals surface area contributed by atoms with Crippen molar-refractivity contribution in [3.8, 4) is 0 Å². The molecule has 0 aliphatic rings. The molecule has 2 rings (SSSR count). The lowest BCUT2D eigenvalue weighted by Crippen LogP contribution is -2.08. The number of halogens is 5. The van der Waals surface area contributed by atoms with Gasteiger partial charge in [0.25, 0.3) is 0 Å². The van der Waals surface area contributed by atoms with Crippen molar-refractivity contribution in [1.82, 2.24) is 0 Å². The van der Waals surface area contributed by atoms with Crippen LogP contribution in [0.4, 0.5) is 10.1 Å². The van der Waals surface area contributed by atoms with Gasteiger partial charge in [-0.15, -0.1) is 0 Å². The van der Waals surface area contributed by atoms with Gasteiger partial charge in [-0.1, -0.05) is 40.9 Å². The van der Waals surface area contributed by atoms with E-state index in [1.165, 1.54) is 12.1 Å². The van der Waals surface area contributed by atoms with Gasteiger partial charge in [-0.3, -0.25) is 0 Å². The lowest BCUT2D eigenvalue weighted by Gasteiger charge is -2.19. The number of hydrogen-bond donors (Lipinski definition) is 1. The van der Waals surface area contributed by atoms with Crippen LogP contribution in [0.15, 0.2) is 34.8 Å². The average molecular weight is 398 g/mol. The minimum atomic E-state index is -0.317. The Bertz CT molecular complexity index is 649. The predicted octanol–water partition coefficient (Wildman–Crippen LogP) is 6.72. The maximum atomic E-state index is 13.3. The molecule has 1 N–H and O–H groups in total. The van der Waals surface area contributed by atoms with E-state index in [1.807, 2.05) is 6.92 Å². The van der Waals surface area contributed by atoms with Gasteiger partial charge in [0, 0.05) is 4.47 Å². The van der Waals surface area contributed by atoms with Crippen LogP contribution >= 0.6 is 50.7 Å². The molecule has 0 bridgehead atoms. The lowest BCUT2D eigenvalue weighted by molar-refractivity contribution is 0.627. The minimum absolute atomic E-state index is 0.157. The summed E-state index contributed by atoms with van der Waals surface area (Å²) in [6, 6.07) is 7.75. The molecular formula is C14H10BrCl3FN. The fourth-order valence-electron chi connectivity index (χ4n) is 1.79. The summed E-state index contributed by atoms with van der Waals surface area (Å²) >= 11 is 21.5. The molecule has 0 saturated carbocycles. The molecule has 106 valence electrons. The fraction of sp³-hybridized carbons (Fsp3) is 0.143.